The van der Waals surface area contributed by atoms with Crippen LogP contribution in [0.3, 0.4) is 0 Å². The van der Waals surface area contributed by atoms with E-state index in [1.807, 2.05) is 0 Å². The van der Waals surface area contributed by atoms with Crippen LogP contribution in [0.4, 0.5) is 0 Å². The van der Waals surface area contributed by atoms with Crippen LogP contribution in [0.1, 0.15) is 15.2 Å². The molecule has 0 spiro atoms. The van der Waals surface area contributed by atoms with Crippen LogP contribution in [0.15, 0.2) is 11.4 Å². The van der Waals surface area contributed by atoms with Crippen LogP contribution in [-0.2, 0) is 4.74 Å². The zero-order valence-corrected chi connectivity index (χ0v) is 7.98. The SMILES string of the molecule is COC(=O)c1cc(C#CCN)cs1. The molecule has 0 amide bonds. The van der Waals surface area contributed by atoms with Crippen molar-refractivity contribution in [1.29, 1.82) is 0 Å². The third kappa shape index (κ3) is 2.58. The summed E-state index contributed by atoms with van der Waals surface area (Å²) in [6.07, 6.45) is 0. The van der Waals surface area contributed by atoms with Crippen LogP contribution >= 0.6 is 11.3 Å². The maximum Gasteiger partial charge on any atom is 0.348 e. The number of methoxy groups -OCH3 is 1. The Bertz CT molecular complexity index is 359. The third-order valence-electron chi connectivity index (χ3n) is 1.32. The molecular weight excluding hydrogens is 186 g/mol. The van der Waals surface area contributed by atoms with Crippen LogP contribution in [0.5, 0.6) is 0 Å². The van der Waals surface area contributed by atoms with Crippen molar-refractivity contribution in [3.63, 3.8) is 0 Å². The monoisotopic (exact) mass is 195 g/mol. The Balaban J connectivity index is 2.80. The summed E-state index contributed by atoms with van der Waals surface area (Å²) in [5, 5.41) is 1.80. The van der Waals surface area contributed by atoms with E-state index in [-0.39, 0.29) is 5.97 Å². The summed E-state index contributed by atoms with van der Waals surface area (Å²) in [5.41, 5.74) is 6.01. The van der Waals surface area contributed by atoms with E-state index in [4.69, 9.17) is 5.73 Å². The molecule has 0 aromatic carbocycles. The van der Waals surface area contributed by atoms with Crippen molar-refractivity contribution in [2.75, 3.05) is 13.7 Å². The molecule has 0 radical (unpaired) electrons. The van der Waals surface area contributed by atoms with Gasteiger partial charge in [-0.25, -0.2) is 4.79 Å². The summed E-state index contributed by atoms with van der Waals surface area (Å²) in [6, 6.07) is 1.69. The molecule has 0 saturated heterocycles. The van der Waals surface area contributed by atoms with Crippen molar-refractivity contribution in [3.8, 4) is 11.8 Å². The fraction of sp³-hybridized carbons (Fsp3) is 0.222. The fourth-order valence-electron chi connectivity index (χ4n) is 0.763. The summed E-state index contributed by atoms with van der Waals surface area (Å²) >= 11 is 1.31. The Morgan fingerprint density at radius 1 is 1.77 bits per heavy atom. The first kappa shape index (κ1) is 9.78. The van der Waals surface area contributed by atoms with E-state index in [0.29, 0.717) is 11.4 Å². The molecule has 1 rings (SSSR count). The van der Waals surface area contributed by atoms with Crippen molar-refractivity contribution >= 4 is 17.3 Å². The van der Waals surface area contributed by atoms with Crippen molar-refractivity contribution in [3.05, 3.63) is 21.9 Å². The second-order valence-corrected chi connectivity index (χ2v) is 3.11. The first-order valence-electron chi connectivity index (χ1n) is 3.63. The lowest BCUT2D eigenvalue weighted by Crippen LogP contribution is -1.97. The highest BCUT2D eigenvalue weighted by Crippen LogP contribution is 2.14. The van der Waals surface area contributed by atoms with Gasteiger partial charge in [-0.05, 0) is 6.07 Å². The van der Waals surface area contributed by atoms with Crippen LogP contribution in [0.25, 0.3) is 0 Å². The Morgan fingerprint density at radius 3 is 3.15 bits per heavy atom. The van der Waals surface area contributed by atoms with Crippen LogP contribution in [0.2, 0.25) is 0 Å². The zero-order chi connectivity index (χ0) is 9.68. The van der Waals surface area contributed by atoms with Crippen molar-refractivity contribution in [1.82, 2.24) is 0 Å². The standard InChI is InChI=1S/C9H9NO2S/c1-12-9(11)8-5-7(6-13-8)3-2-4-10/h5-6H,4,10H2,1H3. The summed E-state index contributed by atoms with van der Waals surface area (Å²) in [4.78, 5) is 11.6. The number of carbonyl (C=O) groups is 1. The van der Waals surface area contributed by atoms with E-state index >= 15 is 0 Å². The van der Waals surface area contributed by atoms with Crippen LogP contribution in [0, 0.1) is 11.8 Å². The molecule has 2 N–H and O–H groups in total. The van der Waals surface area contributed by atoms with Gasteiger partial charge in [0.25, 0.3) is 0 Å². The number of nitrogens with two attached hydrogens (primary N) is 1. The molecule has 0 bridgehead atoms. The maximum absolute atomic E-state index is 11.0. The quantitative estimate of drug-likeness (QED) is 0.533. The Kier molecular flexibility index (Phi) is 3.50. The molecule has 0 fully saturated rings. The molecule has 1 aromatic heterocycles. The number of hydrogen-bond donors (Lipinski definition) is 1. The van der Waals surface area contributed by atoms with Crippen molar-refractivity contribution in [2.45, 2.75) is 0 Å². The molecule has 0 unspecified atom stereocenters. The normalized spacial score (nSPS) is 8.77. The predicted molar refractivity (Wildman–Crippen MR) is 51.6 cm³/mol. The molecular formula is C9H9NO2S. The highest BCUT2D eigenvalue weighted by molar-refractivity contribution is 7.12. The Labute approximate surface area is 80.5 Å². The first-order chi connectivity index (χ1) is 6.27. The minimum Gasteiger partial charge on any atom is -0.465 e. The van der Waals surface area contributed by atoms with Gasteiger partial charge in [0.05, 0.1) is 13.7 Å². The Morgan fingerprint density at radius 2 is 2.54 bits per heavy atom. The third-order valence-corrected chi connectivity index (χ3v) is 2.23. The lowest BCUT2D eigenvalue weighted by atomic mass is 10.3. The van der Waals surface area contributed by atoms with Gasteiger partial charge >= 0.3 is 5.97 Å². The van der Waals surface area contributed by atoms with E-state index in [9.17, 15) is 4.79 Å². The van der Waals surface area contributed by atoms with Gasteiger partial charge in [-0.1, -0.05) is 11.8 Å². The minimum absolute atomic E-state index is 0.323. The molecule has 68 valence electrons. The maximum atomic E-state index is 11.0. The van der Waals surface area contributed by atoms with Gasteiger partial charge in [-0.3, -0.25) is 0 Å². The molecule has 3 nitrogen and oxygen atoms in total. The first-order valence-corrected chi connectivity index (χ1v) is 4.51. The molecule has 1 heterocycles. The van der Waals surface area contributed by atoms with Gasteiger partial charge < -0.3 is 10.5 Å². The minimum atomic E-state index is -0.328. The number of thiophene rings is 1. The van der Waals surface area contributed by atoms with Gasteiger partial charge in [0.2, 0.25) is 0 Å². The molecule has 0 aliphatic rings. The average Bonchev–Trinajstić information content (AvgIpc) is 2.62. The van der Waals surface area contributed by atoms with Gasteiger partial charge in [0.15, 0.2) is 0 Å². The number of hydrogen-bond acceptors (Lipinski definition) is 4. The van der Waals surface area contributed by atoms with Gasteiger partial charge in [-0.2, -0.15) is 0 Å². The largest absolute Gasteiger partial charge is 0.465 e. The average molecular weight is 195 g/mol. The van der Waals surface area contributed by atoms with Gasteiger partial charge in [0, 0.05) is 10.9 Å². The predicted octanol–water partition coefficient (Wildman–Crippen LogP) is 0.845. The molecule has 1 aromatic rings. The summed E-state index contributed by atoms with van der Waals surface area (Å²) in [5.74, 6) is 5.21. The van der Waals surface area contributed by atoms with Crippen LogP contribution in [-0.4, -0.2) is 19.6 Å². The number of carbonyl (C=O) groups excluding carboxylic acids is 1. The molecule has 0 saturated carbocycles. The molecule has 13 heavy (non-hydrogen) atoms. The number of ether oxygens (including phenoxy) is 1. The van der Waals surface area contributed by atoms with E-state index < -0.39 is 0 Å². The van der Waals surface area contributed by atoms with Crippen molar-refractivity contribution < 1.29 is 9.53 Å². The van der Waals surface area contributed by atoms with E-state index in [1.54, 1.807) is 11.4 Å². The van der Waals surface area contributed by atoms with Gasteiger partial charge in [0.1, 0.15) is 4.88 Å². The lowest BCUT2D eigenvalue weighted by molar-refractivity contribution is 0.0606. The van der Waals surface area contributed by atoms with Crippen molar-refractivity contribution in [2.24, 2.45) is 5.73 Å². The molecule has 0 atom stereocenters. The molecule has 0 aliphatic heterocycles. The summed E-state index contributed by atoms with van der Waals surface area (Å²) < 4.78 is 4.55. The van der Waals surface area contributed by atoms with E-state index in [1.165, 1.54) is 18.4 Å². The second kappa shape index (κ2) is 4.65. The van der Waals surface area contributed by atoms with Gasteiger partial charge in [-0.15, -0.1) is 11.3 Å². The lowest BCUT2D eigenvalue weighted by Gasteiger charge is -1.90. The summed E-state index contributed by atoms with van der Waals surface area (Å²) in [6.45, 7) is 0.323. The number of esters is 1. The highest BCUT2D eigenvalue weighted by Gasteiger charge is 2.07. The van der Waals surface area contributed by atoms with E-state index in [2.05, 4.69) is 16.6 Å². The number of rotatable bonds is 1. The zero-order valence-electron chi connectivity index (χ0n) is 7.16. The molecule has 0 aliphatic carbocycles. The Hall–Kier alpha value is -1.31. The fourth-order valence-corrected chi connectivity index (χ4v) is 1.52. The smallest absolute Gasteiger partial charge is 0.348 e. The summed E-state index contributed by atoms with van der Waals surface area (Å²) in [7, 11) is 1.35. The highest BCUT2D eigenvalue weighted by atomic mass is 32.1. The topological polar surface area (TPSA) is 52.3 Å². The van der Waals surface area contributed by atoms with Crippen LogP contribution < -0.4 is 5.73 Å². The van der Waals surface area contributed by atoms with E-state index in [0.717, 1.165) is 5.56 Å². The molecule has 4 heteroatoms. The second-order valence-electron chi connectivity index (χ2n) is 2.20.